The fourth-order valence-corrected chi connectivity index (χ4v) is 2.46. The summed E-state index contributed by atoms with van der Waals surface area (Å²) < 4.78 is 7.28. The van der Waals surface area contributed by atoms with Gasteiger partial charge in [0.15, 0.2) is 0 Å². The number of aromatic nitrogens is 1. The quantitative estimate of drug-likeness (QED) is 0.839. The van der Waals surface area contributed by atoms with E-state index < -0.39 is 0 Å². The van der Waals surface area contributed by atoms with Crippen LogP contribution in [-0.4, -0.2) is 9.67 Å². The Kier molecular flexibility index (Phi) is 2.33. The van der Waals surface area contributed by atoms with E-state index in [9.17, 15) is 5.11 Å². The SMILES string of the molecule is OC1CCCc2c1ccn2Cc1ccoc1. The number of hydrogen-bond acceptors (Lipinski definition) is 2. The average Bonchev–Trinajstić information content (AvgIpc) is 2.90. The lowest BCUT2D eigenvalue weighted by molar-refractivity contribution is 0.156. The molecule has 1 aliphatic carbocycles. The predicted molar refractivity (Wildman–Crippen MR) is 60.1 cm³/mol. The minimum atomic E-state index is -0.269. The molecule has 1 N–H and O–H groups in total. The van der Waals surface area contributed by atoms with E-state index in [2.05, 4.69) is 10.8 Å². The maximum atomic E-state index is 9.87. The van der Waals surface area contributed by atoms with Crippen molar-refractivity contribution >= 4 is 0 Å². The van der Waals surface area contributed by atoms with Gasteiger partial charge in [0.1, 0.15) is 0 Å². The fraction of sp³-hybridized carbons (Fsp3) is 0.385. The van der Waals surface area contributed by atoms with Gasteiger partial charge in [-0.15, -0.1) is 0 Å². The Balaban J connectivity index is 1.91. The maximum absolute atomic E-state index is 9.87. The van der Waals surface area contributed by atoms with E-state index in [-0.39, 0.29) is 6.10 Å². The molecule has 2 heterocycles. The first-order valence-electron chi connectivity index (χ1n) is 5.71. The number of hydrogen-bond donors (Lipinski definition) is 1. The monoisotopic (exact) mass is 217 g/mol. The summed E-state index contributed by atoms with van der Waals surface area (Å²) in [5.41, 5.74) is 3.55. The van der Waals surface area contributed by atoms with Crippen LogP contribution in [0, 0.1) is 0 Å². The topological polar surface area (TPSA) is 38.3 Å². The molecule has 2 aromatic heterocycles. The van der Waals surface area contributed by atoms with Gasteiger partial charge in [-0.05, 0) is 31.4 Å². The number of furan rings is 1. The molecule has 0 aromatic carbocycles. The molecule has 3 nitrogen and oxygen atoms in total. The smallest absolute Gasteiger partial charge is 0.0952 e. The van der Waals surface area contributed by atoms with Gasteiger partial charge in [-0.25, -0.2) is 0 Å². The lowest BCUT2D eigenvalue weighted by Crippen LogP contribution is -2.12. The first-order chi connectivity index (χ1) is 7.84. The van der Waals surface area contributed by atoms with Gasteiger partial charge < -0.3 is 14.1 Å². The van der Waals surface area contributed by atoms with Crippen molar-refractivity contribution in [3.05, 3.63) is 47.7 Å². The second kappa shape index (κ2) is 3.83. The Hall–Kier alpha value is -1.48. The molecule has 0 radical (unpaired) electrons. The molecule has 0 aliphatic heterocycles. The Labute approximate surface area is 94.3 Å². The zero-order valence-electron chi connectivity index (χ0n) is 9.10. The van der Waals surface area contributed by atoms with Crippen LogP contribution < -0.4 is 0 Å². The molecule has 0 fully saturated rings. The summed E-state index contributed by atoms with van der Waals surface area (Å²) in [6.45, 7) is 0.832. The van der Waals surface area contributed by atoms with Crippen molar-refractivity contribution in [3.63, 3.8) is 0 Å². The second-order valence-corrected chi connectivity index (χ2v) is 4.39. The van der Waals surface area contributed by atoms with Crippen molar-refractivity contribution in [2.75, 3.05) is 0 Å². The average molecular weight is 217 g/mol. The molecule has 16 heavy (non-hydrogen) atoms. The number of aliphatic hydroxyl groups excluding tert-OH is 1. The predicted octanol–water partition coefficient (Wildman–Crippen LogP) is 2.50. The fourth-order valence-electron chi connectivity index (χ4n) is 2.46. The third kappa shape index (κ3) is 1.57. The Bertz CT molecular complexity index is 470. The van der Waals surface area contributed by atoms with Gasteiger partial charge in [0.2, 0.25) is 0 Å². The molecule has 0 spiro atoms. The normalized spacial score (nSPS) is 19.7. The highest BCUT2D eigenvalue weighted by atomic mass is 16.3. The van der Waals surface area contributed by atoms with Crippen molar-refractivity contribution in [2.24, 2.45) is 0 Å². The zero-order valence-corrected chi connectivity index (χ0v) is 9.10. The molecule has 3 rings (SSSR count). The Morgan fingerprint density at radius 2 is 2.38 bits per heavy atom. The van der Waals surface area contributed by atoms with E-state index in [0.29, 0.717) is 0 Å². The number of fused-ring (bicyclic) bond motifs is 1. The van der Waals surface area contributed by atoms with Crippen molar-refractivity contribution in [3.8, 4) is 0 Å². The van der Waals surface area contributed by atoms with Crippen LogP contribution in [0.4, 0.5) is 0 Å². The molecule has 1 aliphatic rings. The highest BCUT2D eigenvalue weighted by Crippen LogP contribution is 2.30. The van der Waals surface area contributed by atoms with Crippen molar-refractivity contribution in [1.29, 1.82) is 0 Å². The van der Waals surface area contributed by atoms with E-state index >= 15 is 0 Å². The van der Waals surface area contributed by atoms with Gasteiger partial charge in [-0.2, -0.15) is 0 Å². The summed E-state index contributed by atoms with van der Waals surface area (Å²) in [6.07, 6.45) is 8.29. The van der Waals surface area contributed by atoms with Crippen LogP contribution in [0.1, 0.15) is 35.8 Å². The van der Waals surface area contributed by atoms with E-state index in [4.69, 9.17) is 4.42 Å². The van der Waals surface area contributed by atoms with Gasteiger partial charge in [0, 0.05) is 23.0 Å². The third-order valence-corrected chi connectivity index (χ3v) is 3.30. The minimum Gasteiger partial charge on any atom is -0.472 e. The van der Waals surface area contributed by atoms with E-state index in [0.717, 1.165) is 31.4 Å². The molecular formula is C13H15NO2. The lowest BCUT2D eigenvalue weighted by Gasteiger charge is -2.19. The van der Waals surface area contributed by atoms with E-state index in [1.807, 2.05) is 12.1 Å². The minimum absolute atomic E-state index is 0.269. The molecule has 0 amide bonds. The zero-order chi connectivity index (χ0) is 11.0. The van der Waals surface area contributed by atoms with Crippen LogP contribution >= 0.6 is 0 Å². The summed E-state index contributed by atoms with van der Waals surface area (Å²) in [4.78, 5) is 0. The molecule has 1 atom stereocenters. The van der Waals surface area contributed by atoms with Crippen LogP contribution in [-0.2, 0) is 13.0 Å². The highest BCUT2D eigenvalue weighted by Gasteiger charge is 2.20. The summed E-state index contributed by atoms with van der Waals surface area (Å²) in [7, 11) is 0. The molecule has 2 aromatic rings. The third-order valence-electron chi connectivity index (χ3n) is 3.30. The van der Waals surface area contributed by atoms with Gasteiger partial charge in [0.25, 0.3) is 0 Å². The summed E-state index contributed by atoms with van der Waals surface area (Å²) >= 11 is 0. The summed E-state index contributed by atoms with van der Waals surface area (Å²) in [6, 6.07) is 4.02. The molecule has 0 saturated heterocycles. The molecule has 3 heteroatoms. The maximum Gasteiger partial charge on any atom is 0.0952 e. The van der Waals surface area contributed by atoms with Crippen LogP contribution in [0.2, 0.25) is 0 Å². The highest BCUT2D eigenvalue weighted by molar-refractivity contribution is 5.28. The van der Waals surface area contributed by atoms with Crippen molar-refractivity contribution < 1.29 is 9.52 Å². The summed E-state index contributed by atoms with van der Waals surface area (Å²) in [5, 5.41) is 9.87. The van der Waals surface area contributed by atoms with Gasteiger partial charge in [-0.1, -0.05) is 0 Å². The van der Waals surface area contributed by atoms with Crippen LogP contribution in [0.15, 0.2) is 35.3 Å². The summed E-state index contributed by atoms with van der Waals surface area (Å²) in [5.74, 6) is 0. The molecule has 0 saturated carbocycles. The van der Waals surface area contributed by atoms with E-state index in [1.165, 1.54) is 11.3 Å². The molecule has 84 valence electrons. The molecule has 1 unspecified atom stereocenters. The van der Waals surface area contributed by atoms with Crippen molar-refractivity contribution in [1.82, 2.24) is 4.57 Å². The van der Waals surface area contributed by atoms with Gasteiger partial charge in [0.05, 0.1) is 25.2 Å². The molecule has 0 bridgehead atoms. The lowest BCUT2D eigenvalue weighted by atomic mass is 9.95. The Morgan fingerprint density at radius 1 is 1.44 bits per heavy atom. The number of nitrogens with zero attached hydrogens (tertiary/aromatic N) is 1. The van der Waals surface area contributed by atoms with E-state index in [1.54, 1.807) is 12.5 Å². The standard InChI is InChI=1S/C13H15NO2/c15-13-3-1-2-12-11(13)4-6-14(12)8-10-5-7-16-9-10/h4-7,9,13,15H,1-3,8H2. The van der Waals surface area contributed by atoms with Crippen LogP contribution in [0.25, 0.3) is 0 Å². The first-order valence-corrected chi connectivity index (χ1v) is 5.71. The second-order valence-electron chi connectivity index (χ2n) is 4.39. The number of rotatable bonds is 2. The Morgan fingerprint density at radius 3 is 3.19 bits per heavy atom. The number of aliphatic hydroxyl groups is 1. The van der Waals surface area contributed by atoms with Crippen molar-refractivity contribution in [2.45, 2.75) is 31.9 Å². The first kappa shape index (κ1) is 9.73. The van der Waals surface area contributed by atoms with Gasteiger partial charge >= 0.3 is 0 Å². The van der Waals surface area contributed by atoms with Crippen LogP contribution in [0.5, 0.6) is 0 Å². The largest absolute Gasteiger partial charge is 0.472 e. The van der Waals surface area contributed by atoms with Crippen LogP contribution in [0.3, 0.4) is 0 Å². The molecular weight excluding hydrogens is 202 g/mol. The van der Waals surface area contributed by atoms with Gasteiger partial charge in [-0.3, -0.25) is 0 Å².